The molecule has 0 unspecified atom stereocenters. The second-order valence-electron chi connectivity index (χ2n) is 2.92. The Balaban J connectivity index is 2.33. The van der Waals surface area contributed by atoms with Crippen molar-refractivity contribution in [1.82, 2.24) is 10.3 Å². The van der Waals surface area contributed by atoms with E-state index in [1.54, 1.807) is 0 Å². The average Bonchev–Trinajstić information content (AvgIpc) is 2.28. The van der Waals surface area contributed by atoms with Gasteiger partial charge in [0.05, 0.1) is 0 Å². The van der Waals surface area contributed by atoms with E-state index in [1.807, 2.05) is 12.4 Å². The van der Waals surface area contributed by atoms with Crippen LogP contribution in [0.5, 0.6) is 0 Å². The Bertz CT molecular complexity index is 220. The summed E-state index contributed by atoms with van der Waals surface area (Å²) in [6.45, 7) is 2.15. The van der Waals surface area contributed by atoms with Crippen LogP contribution >= 0.6 is 0 Å². The summed E-state index contributed by atoms with van der Waals surface area (Å²) in [4.78, 5) is 4.11. The summed E-state index contributed by atoms with van der Waals surface area (Å²) >= 11 is 0. The van der Waals surface area contributed by atoms with Crippen molar-refractivity contribution >= 4 is 0 Å². The molecule has 11 heavy (non-hydrogen) atoms. The molecule has 1 N–H and O–H groups in total. The molecule has 0 amide bonds. The highest BCUT2D eigenvalue weighted by molar-refractivity contribution is 5.24. The zero-order valence-corrected chi connectivity index (χ0v) is 6.51. The standard InChI is InChI=1S/C9H12N2/c1-2-8-6-11-5-3-9(8)7-10-4-1/h3,5-6,10H,1-2,4,7H2. The van der Waals surface area contributed by atoms with Crippen molar-refractivity contribution in [3.05, 3.63) is 29.6 Å². The topological polar surface area (TPSA) is 24.9 Å². The third-order valence-electron chi connectivity index (χ3n) is 2.12. The molecule has 1 aromatic heterocycles. The summed E-state index contributed by atoms with van der Waals surface area (Å²) in [6.07, 6.45) is 6.27. The number of rotatable bonds is 0. The van der Waals surface area contributed by atoms with E-state index in [0.717, 1.165) is 13.1 Å². The molecule has 2 rings (SSSR count). The van der Waals surface area contributed by atoms with Crippen LogP contribution in [0.3, 0.4) is 0 Å². The summed E-state index contributed by atoms with van der Waals surface area (Å²) in [5, 5.41) is 3.38. The number of nitrogens with zero attached hydrogens (tertiary/aromatic N) is 1. The number of hydrogen-bond donors (Lipinski definition) is 1. The maximum Gasteiger partial charge on any atom is 0.0303 e. The van der Waals surface area contributed by atoms with Gasteiger partial charge in [-0.1, -0.05) is 0 Å². The van der Waals surface area contributed by atoms with Crippen molar-refractivity contribution in [3.63, 3.8) is 0 Å². The Morgan fingerprint density at radius 3 is 3.36 bits per heavy atom. The second kappa shape index (κ2) is 3.01. The highest BCUT2D eigenvalue weighted by atomic mass is 14.9. The maximum atomic E-state index is 4.11. The summed E-state index contributed by atoms with van der Waals surface area (Å²) in [5.41, 5.74) is 2.83. The van der Waals surface area contributed by atoms with Crippen LogP contribution in [-0.2, 0) is 13.0 Å². The first-order chi connectivity index (χ1) is 5.47. The molecular formula is C9H12N2. The summed E-state index contributed by atoms with van der Waals surface area (Å²) in [6, 6.07) is 2.10. The average molecular weight is 148 g/mol. The van der Waals surface area contributed by atoms with Crippen molar-refractivity contribution in [2.45, 2.75) is 19.4 Å². The van der Waals surface area contributed by atoms with Gasteiger partial charge in [-0.15, -0.1) is 0 Å². The van der Waals surface area contributed by atoms with Crippen LogP contribution in [0.15, 0.2) is 18.5 Å². The molecule has 1 aliphatic rings. The van der Waals surface area contributed by atoms with E-state index in [-0.39, 0.29) is 0 Å². The van der Waals surface area contributed by atoms with Gasteiger partial charge in [-0.05, 0) is 36.6 Å². The van der Waals surface area contributed by atoms with Crippen LogP contribution in [0.4, 0.5) is 0 Å². The monoisotopic (exact) mass is 148 g/mol. The molecule has 0 aromatic carbocycles. The van der Waals surface area contributed by atoms with E-state index in [4.69, 9.17) is 0 Å². The highest BCUT2D eigenvalue weighted by Gasteiger charge is 2.05. The largest absolute Gasteiger partial charge is 0.313 e. The van der Waals surface area contributed by atoms with E-state index in [1.165, 1.54) is 24.0 Å². The van der Waals surface area contributed by atoms with Gasteiger partial charge in [0.25, 0.3) is 0 Å². The van der Waals surface area contributed by atoms with Gasteiger partial charge in [0.15, 0.2) is 0 Å². The third kappa shape index (κ3) is 1.40. The van der Waals surface area contributed by atoms with E-state index in [9.17, 15) is 0 Å². The van der Waals surface area contributed by atoms with E-state index in [2.05, 4.69) is 16.4 Å². The molecule has 2 heteroatoms. The number of aromatic nitrogens is 1. The number of fused-ring (bicyclic) bond motifs is 1. The first-order valence-corrected chi connectivity index (χ1v) is 4.09. The molecule has 0 bridgehead atoms. The Morgan fingerprint density at radius 1 is 1.36 bits per heavy atom. The first kappa shape index (κ1) is 6.80. The summed E-state index contributed by atoms with van der Waals surface area (Å²) in [7, 11) is 0. The molecule has 0 saturated carbocycles. The lowest BCUT2D eigenvalue weighted by Gasteiger charge is -2.01. The fourth-order valence-corrected chi connectivity index (χ4v) is 1.48. The van der Waals surface area contributed by atoms with Crippen molar-refractivity contribution in [2.75, 3.05) is 6.54 Å². The van der Waals surface area contributed by atoms with Crippen molar-refractivity contribution < 1.29 is 0 Å². The highest BCUT2D eigenvalue weighted by Crippen LogP contribution is 2.11. The van der Waals surface area contributed by atoms with E-state index in [0.29, 0.717) is 0 Å². The van der Waals surface area contributed by atoms with Gasteiger partial charge in [-0.25, -0.2) is 0 Å². The van der Waals surface area contributed by atoms with Crippen LogP contribution in [0, 0.1) is 0 Å². The van der Waals surface area contributed by atoms with Crippen LogP contribution in [0.2, 0.25) is 0 Å². The molecule has 0 radical (unpaired) electrons. The zero-order valence-electron chi connectivity index (χ0n) is 6.51. The van der Waals surface area contributed by atoms with Gasteiger partial charge in [-0.2, -0.15) is 0 Å². The maximum absolute atomic E-state index is 4.11. The molecular weight excluding hydrogens is 136 g/mol. The molecule has 0 fully saturated rings. The Hall–Kier alpha value is -0.890. The normalized spacial score (nSPS) is 17.1. The van der Waals surface area contributed by atoms with Crippen LogP contribution in [-0.4, -0.2) is 11.5 Å². The smallest absolute Gasteiger partial charge is 0.0303 e. The number of aryl methyl sites for hydroxylation is 1. The van der Waals surface area contributed by atoms with Crippen LogP contribution in [0.25, 0.3) is 0 Å². The predicted octanol–water partition coefficient (Wildman–Crippen LogP) is 1.12. The Kier molecular flexibility index (Phi) is 1.86. The van der Waals surface area contributed by atoms with Gasteiger partial charge in [0.2, 0.25) is 0 Å². The lowest BCUT2D eigenvalue weighted by atomic mass is 10.1. The van der Waals surface area contributed by atoms with Gasteiger partial charge >= 0.3 is 0 Å². The molecule has 1 aromatic rings. The predicted molar refractivity (Wildman–Crippen MR) is 44.3 cm³/mol. The zero-order chi connectivity index (χ0) is 7.52. The fourth-order valence-electron chi connectivity index (χ4n) is 1.48. The molecule has 2 nitrogen and oxygen atoms in total. The minimum Gasteiger partial charge on any atom is -0.313 e. The summed E-state index contributed by atoms with van der Waals surface area (Å²) in [5.74, 6) is 0. The molecule has 0 aliphatic carbocycles. The van der Waals surface area contributed by atoms with Crippen molar-refractivity contribution in [3.8, 4) is 0 Å². The quantitative estimate of drug-likeness (QED) is 0.596. The molecule has 1 aliphatic heterocycles. The lowest BCUT2D eigenvalue weighted by Crippen LogP contribution is -2.11. The molecule has 0 spiro atoms. The van der Waals surface area contributed by atoms with Crippen LogP contribution in [0.1, 0.15) is 17.5 Å². The van der Waals surface area contributed by atoms with Gasteiger partial charge in [0.1, 0.15) is 0 Å². The molecule has 0 saturated heterocycles. The second-order valence-corrected chi connectivity index (χ2v) is 2.92. The third-order valence-corrected chi connectivity index (χ3v) is 2.12. The van der Waals surface area contributed by atoms with Gasteiger partial charge < -0.3 is 5.32 Å². The van der Waals surface area contributed by atoms with Gasteiger partial charge in [0, 0.05) is 18.9 Å². The number of pyridine rings is 1. The SMILES string of the molecule is c1cc2c(cn1)CCCNC2. The molecule has 58 valence electrons. The molecule has 2 heterocycles. The minimum atomic E-state index is 1.01. The van der Waals surface area contributed by atoms with E-state index >= 15 is 0 Å². The number of nitrogens with one attached hydrogen (secondary N) is 1. The lowest BCUT2D eigenvalue weighted by molar-refractivity contribution is 0.681. The van der Waals surface area contributed by atoms with Crippen molar-refractivity contribution in [1.29, 1.82) is 0 Å². The van der Waals surface area contributed by atoms with E-state index < -0.39 is 0 Å². The Labute approximate surface area is 66.7 Å². The Morgan fingerprint density at radius 2 is 2.36 bits per heavy atom. The van der Waals surface area contributed by atoms with Crippen molar-refractivity contribution in [2.24, 2.45) is 0 Å². The van der Waals surface area contributed by atoms with Gasteiger partial charge in [-0.3, -0.25) is 4.98 Å². The molecule has 0 atom stereocenters. The minimum absolute atomic E-state index is 1.01. The number of hydrogen-bond acceptors (Lipinski definition) is 2. The fraction of sp³-hybridized carbons (Fsp3) is 0.444. The first-order valence-electron chi connectivity index (χ1n) is 4.09. The van der Waals surface area contributed by atoms with Crippen LogP contribution < -0.4 is 5.32 Å². The summed E-state index contributed by atoms with van der Waals surface area (Å²) < 4.78 is 0.